The molecule has 6 N–H and O–H groups in total. The Morgan fingerprint density at radius 3 is 1.19 bits per heavy atom. The van der Waals surface area contributed by atoms with Gasteiger partial charge < -0.3 is 40.3 Å². The first-order valence-corrected chi connectivity index (χ1v) is 33.0. The third-order valence-corrected chi connectivity index (χ3v) is 15.6. The number of ether oxygens (including phenoxy) is 2. The number of nitrogens with one attached hydrogen (secondary N) is 1. The Bertz CT molecular complexity index is 1400. The van der Waals surface area contributed by atoms with Crippen molar-refractivity contribution < 1.29 is 39.8 Å². The smallest absolute Gasteiger partial charge is 0.220 e. The summed E-state index contributed by atoms with van der Waals surface area (Å²) in [4.78, 5) is 13.1. The quantitative estimate of drug-likeness (QED) is 0.0261. The fraction of sp³-hybridized carbons (Fsp3) is 0.838. The highest BCUT2D eigenvalue weighted by Crippen LogP contribution is 2.23. The van der Waals surface area contributed by atoms with E-state index in [0.29, 0.717) is 6.42 Å². The van der Waals surface area contributed by atoms with Gasteiger partial charge in [-0.1, -0.05) is 306 Å². The molecule has 1 amide bonds. The number of carbonyl (C=O) groups excluding carboxylic acids is 1. The van der Waals surface area contributed by atoms with Gasteiger partial charge in [-0.15, -0.1) is 0 Å². The van der Waals surface area contributed by atoms with Crippen LogP contribution in [0.3, 0.4) is 0 Å². The third kappa shape index (κ3) is 46.2. The van der Waals surface area contributed by atoms with Gasteiger partial charge >= 0.3 is 0 Å². The van der Waals surface area contributed by atoms with E-state index in [1.807, 2.05) is 6.08 Å². The van der Waals surface area contributed by atoms with Gasteiger partial charge in [0.05, 0.1) is 25.4 Å². The van der Waals surface area contributed by atoms with E-state index in [-0.39, 0.29) is 12.5 Å². The van der Waals surface area contributed by atoms with Crippen molar-refractivity contribution in [2.75, 3.05) is 13.2 Å². The number of hydrogen-bond acceptors (Lipinski definition) is 8. The lowest BCUT2D eigenvalue weighted by Gasteiger charge is -2.40. The monoisotopic (exact) mass is 1080 g/mol. The Kier molecular flexibility index (Phi) is 54.1. The highest BCUT2D eigenvalue weighted by atomic mass is 16.7. The minimum absolute atomic E-state index is 0.180. The van der Waals surface area contributed by atoms with Gasteiger partial charge in [0.25, 0.3) is 0 Å². The second kappa shape index (κ2) is 57.1. The number of allylic oxidation sites excluding steroid dienone is 9. The zero-order valence-corrected chi connectivity index (χ0v) is 50.2. The maximum absolute atomic E-state index is 13.1. The number of carbonyl (C=O) groups is 1. The van der Waals surface area contributed by atoms with Crippen molar-refractivity contribution >= 4 is 5.91 Å². The van der Waals surface area contributed by atoms with Crippen LogP contribution in [-0.4, -0.2) is 87.5 Å². The molecule has 0 aromatic heterocycles. The van der Waals surface area contributed by atoms with E-state index in [0.717, 1.165) is 70.6 Å². The number of rotatable bonds is 57. The number of aliphatic hydroxyl groups excluding tert-OH is 5. The van der Waals surface area contributed by atoms with E-state index in [9.17, 15) is 30.3 Å². The maximum Gasteiger partial charge on any atom is 0.220 e. The second-order valence-corrected chi connectivity index (χ2v) is 22.9. The SMILES string of the molecule is CC/C=C\C/C=C\C/C=C\C/C=C\CCCCCCCCCCCCC(=O)NC(COC1OC(CO)C(O)C(O)C1O)C(O)/C=C/CCCCCCCCCCCCCCCCCCCCCCCCCCCCCCC. The van der Waals surface area contributed by atoms with Crippen molar-refractivity contribution in [2.24, 2.45) is 0 Å². The third-order valence-electron chi connectivity index (χ3n) is 15.6. The first kappa shape index (κ1) is 72.9. The minimum atomic E-state index is -1.57. The molecule has 0 aromatic rings. The molecule has 0 saturated carbocycles. The standard InChI is InChI=1S/C68H125NO8/c1-3-5-7-9-11-13-15-17-19-21-23-25-27-28-29-30-31-32-33-34-36-37-39-41-43-45-47-49-51-53-55-57-62(71)61(60-76-68-67(75)66(74)65(73)63(59-70)77-68)69-64(72)58-56-54-52-50-48-46-44-42-40-38-35-26-24-22-20-18-16-14-12-10-8-6-4-2/h6,8,12,14,18,20,24,26,55,57,61-63,65-68,70-71,73-75H,3-5,7,9-11,13,15-17,19,21-23,25,27-54,56,58-60H2,1-2H3,(H,69,72)/b8-6-,14-12-,20-18-,26-24-,57-55+. The first-order chi connectivity index (χ1) is 37.8. The molecular weight excluding hydrogens is 959 g/mol. The predicted octanol–water partition coefficient (Wildman–Crippen LogP) is 17.4. The van der Waals surface area contributed by atoms with E-state index < -0.39 is 49.5 Å². The number of aliphatic hydroxyl groups is 5. The molecule has 9 heteroatoms. The molecule has 450 valence electrons. The molecule has 0 bridgehead atoms. The van der Waals surface area contributed by atoms with Crippen LogP contribution in [0.5, 0.6) is 0 Å². The van der Waals surface area contributed by atoms with Crippen LogP contribution in [0.25, 0.3) is 0 Å². The molecule has 1 fully saturated rings. The van der Waals surface area contributed by atoms with E-state index in [1.54, 1.807) is 6.08 Å². The van der Waals surface area contributed by atoms with Gasteiger partial charge in [0.15, 0.2) is 6.29 Å². The molecule has 9 nitrogen and oxygen atoms in total. The lowest BCUT2D eigenvalue weighted by atomic mass is 9.99. The lowest BCUT2D eigenvalue weighted by molar-refractivity contribution is -0.302. The topological polar surface area (TPSA) is 149 Å². The van der Waals surface area contributed by atoms with Crippen LogP contribution >= 0.6 is 0 Å². The summed E-state index contributed by atoms with van der Waals surface area (Å²) in [7, 11) is 0. The molecule has 77 heavy (non-hydrogen) atoms. The number of amides is 1. The first-order valence-electron chi connectivity index (χ1n) is 33.0. The number of unbranched alkanes of at least 4 members (excludes halogenated alkanes) is 39. The van der Waals surface area contributed by atoms with Gasteiger partial charge in [0, 0.05) is 6.42 Å². The fourth-order valence-corrected chi connectivity index (χ4v) is 10.4. The highest BCUT2D eigenvalue weighted by Gasteiger charge is 2.44. The Labute approximate surface area is 475 Å². The summed E-state index contributed by atoms with van der Waals surface area (Å²) in [6.07, 6.45) is 71.7. The summed E-state index contributed by atoms with van der Waals surface area (Å²) in [5, 5.41) is 54.7. The molecule has 1 heterocycles. The van der Waals surface area contributed by atoms with Crippen LogP contribution in [0.15, 0.2) is 60.8 Å². The highest BCUT2D eigenvalue weighted by molar-refractivity contribution is 5.76. The molecule has 0 spiro atoms. The largest absolute Gasteiger partial charge is 0.394 e. The number of hydrogen-bond donors (Lipinski definition) is 6. The zero-order chi connectivity index (χ0) is 55.8. The van der Waals surface area contributed by atoms with E-state index in [1.165, 1.54) is 218 Å². The molecule has 7 unspecified atom stereocenters. The van der Waals surface area contributed by atoms with Crippen LogP contribution in [0.4, 0.5) is 0 Å². The molecule has 1 rings (SSSR count). The zero-order valence-electron chi connectivity index (χ0n) is 50.2. The van der Waals surface area contributed by atoms with Crippen molar-refractivity contribution in [3.63, 3.8) is 0 Å². The summed E-state index contributed by atoms with van der Waals surface area (Å²) in [6, 6.07) is -0.812. The van der Waals surface area contributed by atoms with Crippen LogP contribution < -0.4 is 5.32 Å². The summed E-state index contributed by atoms with van der Waals surface area (Å²) < 4.78 is 11.3. The predicted molar refractivity (Wildman–Crippen MR) is 327 cm³/mol. The van der Waals surface area contributed by atoms with Crippen molar-refractivity contribution in [1.82, 2.24) is 5.32 Å². The molecule has 1 saturated heterocycles. The van der Waals surface area contributed by atoms with Crippen molar-refractivity contribution in [3.05, 3.63) is 60.8 Å². The Balaban J connectivity index is 2.16. The normalized spacial score (nSPS) is 19.1. The van der Waals surface area contributed by atoms with Gasteiger partial charge in [0.1, 0.15) is 24.4 Å². The molecular formula is C68H125NO8. The van der Waals surface area contributed by atoms with Crippen LogP contribution in [0.1, 0.15) is 309 Å². The molecule has 1 aliphatic rings. The molecule has 0 radical (unpaired) electrons. The summed E-state index contributed by atoms with van der Waals surface area (Å²) in [5.41, 5.74) is 0. The maximum atomic E-state index is 13.1. The van der Waals surface area contributed by atoms with Gasteiger partial charge in [0.2, 0.25) is 5.91 Å². The average molecular weight is 1080 g/mol. The van der Waals surface area contributed by atoms with Crippen molar-refractivity contribution in [2.45, 2.75) is 352 Å². The van der Waals surface area contributed by atoms with Crippen LogP contribution in [0.2, 0.25) is 0 Å². The van der Waals surface area contributed by atoms with E-state index >= 15 is 0 Å². The minimum Gasteiger partial charge on any atom is -0.394 e. The Hall–Kier alpha value is -2.11. The van der Waals surface area contributed by atoms with Crippen molar-refractivity contribution in [3.8, 4) is 0 Å². The Morgan fingerprint density at radius 1 is 0.455 bits per heavy atom. The average Bonchev–Trinajstić information content (AvgIpc) is 3.43. The van der Waals surface area contributed by atoms with Crippen LogP contribution in [0, 0.1) is 0 Å². The summed E-state index contributed by atoms with van der Waals surface area (Å²) >= 11 is 0. The van der Waals surface area contributed by atoms with E-state index in [2.05, 4.69) is 67.8 Å². The fourth-order valence-electron chi connectivity index (χ4n) is 10.4. The van der Waals surface area contributed by atoms with Gasteiger partial charge in [-0.05, 0) is 57.8 Å². The second-order valence-electron chi connectivity index (χ2n) is 22.9. The summed E-state index contributed by atoms with van der Waals surface area (Å²) in [6.45, 7) is 3.70. The molecule has 0 aromatic carbocycles. The molecule has 1 aliphatic heterocycles. The van der Waals surface area contributed by atoms with Crippen LogP contribution in [-0.2, 0) is 14.3 Å². The molecule has 7 atom stereocenters. The Morgan fingerprint density at radius 2 is 0.805 bits per heavy atom. The molecule has 0 aliphatic carbocycles. The van der Waals surface area contributed by atoms with Gasteiger partial charge in [-0.3, -0.25) is 4.79 Å². The summed E-state index contributed by atoms with van der Waals surface area (Å²) in [5.74, 6) is -0.180. The lowest BCUT2D eigenvalue weighted by Crippen LogP contribution is -2.60. The van der Waals surface area contributed by atoms with Gasteiger partial charge in [-0.25, -0.2) is 0 Å². The van der Waals surface area contributed by atoms with Crippen molar-refractivity contribution in [1.29, 1.82) is 0 Å². The van der Waals surface area contributed by atoms with Gasteiger partial charge in [-0.2, -0.15) is 0 Å². The van der Waals surface area contributed by atoms with E-state index in [4.69, 9.17) is 9.47 Å².